The number of hydrogen-bond acceptors (Lipinski definition) is 0. The molecule has 2 heteroatoms. The summed E-state index contributed by atoms with van der Waals surface area (Å²) in [5.74, 6) is 0. The normalized spacial score (nSPS) is 27.8. The van der Waals surface area contributed by atoms with Crippen LogP contribution >= 0.6 is 0 Å². The Morgan fingerprint density at radius 2 is 1.92 bits per heavy atom. The van der Waals surface area contributed by atoms with Crippen LogP contribution in [-0.2, 0) is 13.0 Å². The fraction of sp³-hybridized carbons (Fsp3) is 0.455. The zero-order valence-electron chi connectivity index (χ0n) is 7.59. The molecule has 0 saturated heterocycles. The smallest absolute Gasteiger partial charge is 0.169 e. The first-order valence-corrected chi connectivity index (χ1v) is 4.61. The SMILES string of the molecule is [BH3-][N+]1(C)CCCc2ccccc2C1. The monoisotopic (exact) mass is 175 g/mol. The van der Waals surface area contributed by atoms with E-state index in [0.29, 0.717) is 7.98 Å². The molecule has 70 valence electrons. The molecule has 0 fully saturated rings. The van der Waals surface area contributed by atoms with Gasteiger partial charge in [0.05, 0.1) is 6.54 Å². The molecule has 0 N–H and O–H groups in total. The molecule has 1 heterocycles. The number of benzene rings is 1. The van der Waals surface area contributed by atoms with E-state index in [1.54, 1.807) is 11.1 Å². The highest BCUT2D eigenvalue weighted by molar-refractivity contribution is 5.97. The van der Waals surface area contributed by atoms with Crippen molar-refractivity contribution in [3.63, 3.8) is 0 Å². The van der Waals surface area contributed by atoms with Crippen LogP contribution in [0.5, 0.6) is 0 Å². The lowest BCUT2D eigenvalue weighted by Crippen LogP contribution is -2.40. The summed E-state index contributed by atoms with van der Waals surface area (Å²) in [6.07, 6.45) is 2.69. The molecule has 1 aromatic rings. The van der Waals surface area contributed by atoms with Crippen LogP contribution in [0.15, 0.2) is 24.3 Å². The molecular weight excluding hydrogens is 157 g/mol. The number of aryl methyl sites for hydroxylation is 1. The first-order chi connectivity index (χ1) is 6.17. The van der Waals surface area contributed by atoms with E-state index in [1.807, 2.05) is 0 Å². The molecule has 0 amide bonds. The van der Waals surface area contributed by atoms with Crippen molar-refractivity contribution in [1.29, 1.82) is 0 Å². The molecular formula is C11H18BN. The van der Waals surface area contributed by atoms with Gasteiger partial charge >= 0.3 is 0 Å². The van der Waals surface area contributed by atoms with Crippen molar-refractivity contribution in [1.82, 2.24) is 0 Å². The first-order valence-electron chi connectivity index (χ1n) is 4.61. The Bertz CT molecular complexity index is 307. The third kappa shape index (κ3) is 1.94. The summed E-state index contributed by atoms with van der Waals surface area (Å²) in [6, 6.07) is 8.99. The fourth-order valence-corrected chi connectivity index (χ4v) is 1.86. The highest BCUT2D eigenvalue weighted by Gasteiger charge is 2.15. The van der Waals surface area contributed by atoms with Crippen molar-refractivity contribution >= 4 is 7.98 Å². The highest BCUT2D eigenvalue weighted by atomic mass is 15.2. The summed E-state index contributed by atoms with van der Waals surface area (Å²) in [7, 11) is 2.85. The average molecular weight is 175 g/mol. The van der Waals surface area contributed by atoms with Gasteiger partial charge in [0.2, 0.25) is 0 Å². The van der Waals surface area contributed by atoms with Gasteiger partial charge in [0.25, 0.3) is 0 Å². The Kier molecular flexibility index (Phi) is 2.16. The minimum atomic E-state index is 0.417. The summed E-state index contributed by atoms with van der Waals surface area (Å²) in [5.41, 5.74) is 3.21. The van der Waals surface area contributed by atoms with Crippen LogP contribution in [-0.4, -0.2) is 26.0 Å². The molecule has 13 heavy (non-hydrogen) atoms. The predicted octanol–water partition coefficient (Wildman–Crippen LogP) is 0.860. The van der Waals surface area contributed by atoms with Crippen LogP contribution in [0.3, 0.4) is 0 Å². The molecule has 0 bridgehead atoms. The molecule has 1 nitrogen and oxygen atoms in total. The Morgan fingerprint density at radius 3 is 2.69 bits per heavy atom. The van der Waals surface area contributed by atoms with Gasteiger partial charge in [-0.05, 0) is 18.4 Å². The van der Waals surface area contributed by atoms with Gasteiger partial charge in [0.15, 0.2) is 7.98 Å². The number of hydrogen-bond donors (Lipinski definition) is 0. The molecule has 1 unspecified atom stereocenters. The molecule has 1 atom stereocenters. The average Bonchev–Trinajstić information content (AvgIpc) is 2.21. The summed E-state index contributed by atoms with van der Waals surface area (Å²) < 4.78 is 1.39. The molecule has 0 radical (unpaired) electrons. The Hall–Kier alpha value is -0.755. The van der Waals surface area contributed by atoms with E-state index in [4.69, 9.17) is 0 Å². The number of rotatable bonds is 0. The number of quaternary nitrogens is 1. The van der Waals surface area contributed by atoms with E-state index < -0.39 is 0 Å². The Morgan fingerprint density at radius 1 is 1.23 bits per heavy atom. The number of fused-ring (bicyclic) bond motifs is 1. The topological polar surface area (TPSA) is 0 Å². The van der Waals surface area contributed by atoms with Crippen molar-refractivity contribution in [2.75, 3.05) is 13.6 Å². The van der Waals surface area contributed by atoms with Crippen molar-refractivity contribution < 1.29 is 4.39 Å². The summed E-state index contributed by atoms with van der Waals surface area (Å²) in [5, 5.41) is 0. The van der Waals surface area contributed by atoms with Crippen molar-refractivity contribution in [3.8, 4) is 0 Å². The first kappa shape index (κ1) is 8.83. The maximum atomic E-state index is 2.43. The van der Waals surface area contributed by atoms with Crippen LogP contribution < -0.4 is 0 Å². The minimum Gasteiger partial charge on any atom is -0.521 e. The third-order valence-electron chi connectivity index (χ3n) is 2.54. The van der Waals surface area contributed by atoms with Crippen LogP contribution in [0.25, 0.3) is 0 Å². The lowest BCUT2D eigenvalue weighted by molar-refractivity contribution is -0.809. The van der Waals surface area contributed by atoms with Crippen LogP contribution in [0, 0.1) is 0 Å². The van der Waals surface area contributed by atoms with E-state index in [1.165, 1.54) is 30.3 Å². The summed E-state index contributed by atoms with van der Waals surface area (Å²) >= 11 is 0. The van der Waals surface area contributed by atoms with Gasteiger partial charge in [0, 0.05) is 19.2 Å². The fourth-order valence-electron chi connectivity index (χ4n) is 1.86. The van der Waals surface area contributed by atoms with E-state index in [0.717, 1.165) is 0 Å². The quantitative estimate of drug-likeness (QED) is 0.513. The lowest BCUT2D eigenvalue weighted by atomic mass is 10.0. The summed E-state index contributed by atoms with van der Waals surface area (Å²) in [6.45, 7) is 2.71. The van der Waals surface area contributed by atoms with Gasteiger partial charge in [-0.3, -0.25) is 0 Å². The molecule has 0 spiro atoms. The molecule has 0 aliphatic carbocycles. The zero-order valence-corrected chi connectivity index (χ0v) is 7.59. The molecule has 1 aliphatic heterocycles. The van der Waals surface area contributed by atoms with Crippen molar-refractivity contribution in [2.45, 2.75) is 19.4 Å². The van der Waals surface area contributed by atoms with Crippen molar-refractivity contribution in [3.05, 3.63) is 35.4 Å². The van der Waals surface area contributed by atoms with Gasteiger partial charge in [0.1, 0.15) is 0 Å². The maximum Gasteiger partial charge on any atom is 0.169 e. The molecule has 2 rings (SSSR count). The largest absolute Gasteiger partial charge is 0.521 e. The van der Waals surface area contributed by atoms with Gasteiger partial charge in [-0.15, -0.1) is 0 Å². The van der Waals surface area contributed by atoms with Gasteiger partial charge in [-0.2, -0.15) is 0 Å². The molecule has 0 aromatic heterocycles. The van der Waals surface area contributed by atoms with Crippen LogP contribution in [0.1, 0.15) is 17.5 Å². The molecule has 0 saturated carbocycles. The van der Waals surface area contributed by atoms with E-state index in [2.05, 4.69) is 31.3 Å². The van der Waals surface area contributed by atoms with E-state index in [9.17, 15) is 0 Å². The van der Waals surface area contributed by atoms with Gasteiger partial charge in [-0.25, -0.2) is 0 Å². The van der Waals surface area contributed by atoms with Crippen LogP contribution in [0.4, 0.5) is 0 Å². The lowest BCUT2D eigenvalue weighted by Gasteiger charge is -2.38. The Balaban J connectivity index is 2.34. The molecule has 1 aliphatic rings. The van der Waals surface area contributed by atoms with Crippen LogP contribution in [0.2, 0.25) is 0 Å². The highest BCUT2D eigenvalue weighted by Crippen LogP contribution is 2.20. The van der Waals surface area contributed by atoms with E-state index >= 15 is 0 Å². The van der Waals surface area contributed by atoms with Crippen molar-refractivity contribution in [2.24, 2.45) is 0 Å². The zero-order chi connectivity index (χ0) is 9.31. The second-order valence-corrected chi connectivity index (χ2v) is 3.61. The summed E-state index contributed by atoms with van der Waals surface area (Å²) in [4.78, 5) is 0. The second-order valence-electron chi connectivity index (χ2n) is 3.61. The standard InChI is InChI=1S/C11H18BN/c1-13(12)8-4-7-10-5-2-3-6-11(10)9-13/h2-3,5-6H,4,7-9H2,1,12H3. The second kappa shape index (κ2) is 3.19. The maximum absolute atomic E-state index is 2.43. The van der Waals surface area contributed by atoms with Gasteiger partial charge in [-0.1, -0.05) is 24.3 Å². The Labute approximate surface area is 81.4 Å². The van der Waals surface area contributed by atoms with E-state index in [-0.39, 0.29) is 0 Å². The predicted molar refractivity (Wildman–Crippen MR) is 59.5 cm³/mol. The number of nitrogens with zero attached hydrogens (tertiary/aromatic N) is 1. The van der Waals surface area contributed by atoms with Gasteiger partial charge < -0.3 is 4.39 Å². The third-order valence-corrected chi connectivity index (χ3v) is 2.54. The minimum absolute atomic E-state index is 0.417. The molecule has 1 aromatic carbocycles.